The SMILES string of the molecule is Cc1ccc(S(=O)(=O)O[C@@H]2C[C@@H](CN(C(=O)Oc3ccc([N+](=O)[O-])cc3)c3ccc(Br)cc3)N(C(=O)OC(C)(C)C)C2)cc1. The van der Waals surface area contributed by atoms with Crippen molar-refractivity contribution >= 4 is 49.6 Å². The van der Waals surface area contributed by atoms with Crippen LogP contribution >= 0.6 is 15.9 Å². The first-order valence-electron chi connectivity index (χ1n) is 13.6. The van der Waals surface area contributed by atoms with E-state index in [1.807, 2.05) is 6.92 Å². The van der Waals surface area contributed by atoms with E-state index in [4.69, 9.17) is 13.7 Å². The molecule has 14 heteroatoms. The first kappa shape index (κ1) is 32.9. The van der Waals surface area contributed by atoms with Crippen molar-refractivity contribution < 1.29 is 36.6 Å². The zero-order chi connectivity index (χ0) is 32.2. The minimum atomic E-state index is -4.16. The molecule has 1 heterocycles. The molecule has 2 atom stereocenters. The number of benzene rings is 3. The van der Waals surface area contributed by atoms with Crippen molar-refractivity contribution in [1.29, 1.82) is 0 Å². The van der Waals surface area contributed by atoms with Gasteiger partial charge in [0, 0.05) is 28.8 Å². The molecule has 44 heavy (non-hydrogen) atoms. The lowest BCUT2D eigenvalue weighted by Gasteiger charge is -2.31. The first-order chi connectivity index (χ1) is 20.6. The molecule has 0 saturated carbocycles. The van der Waals surface area contributed by atoms with E-state index in [-0.39, 0.29) is 35.8 Å². The number of nitrogens with zero attached hydrogens (tertiary/aromatic N) is 3. The Morgan fingerprint density at radius 3 is 2.20 bits per heavy atom. The minimum absolute atomic E-state index is 0.0152. The monoisotopic (exact) mass is 689 g/mol. The van der Waals surface area contributed by atoms with Gasteiger partial charge in [-0.05, 0) is 82.6 Å². The van der Waals surface area contributed by atoms with E-state index in [2.05, 4.69) is 15.9 Å². The van der Waals surface area contributed by atoms with E-state index in [1.54, 1.807) is 57.2 Å². The molecule has 3 aromatic rings. The van der Waals surface area contributed by atoms with Gasteiger partial charge in [-0.2, -0.15) is 8.42 Å². The van der Waals surface area contributed by atoms with Crippen LogP contribution in [0.15, 0.2) is 82.2 Å². The summed E-state index contributed by atoms with van der Waals surface area (Å²) in [5, 5.41) is 11.0. The highest BCUT2D eigenvalue weighted by Gasteiger charge is 2.42. The molecule has 0 N–H and O–H groups in total. The highest BCUT2D eigenvalue weighted by molar-refractivity contribution is 9.10. The average Bonchev–Trinajstić information content (AvgIpc) is 3.33. The molecule has 0 aromatic heterocycles. The smallest absolute Gasteiger partial charge is 0.419 e. The topological polar surface area (TPSA) is 146 Å². The average molecular weight is 691 g/mol. The van der Waals surface area contributed by atoms with Gasteiger partial charge in [-0.15, -0.1) is 0 Å². The summed E-state index contributed by atoms with van der Waals surface area (Å²) in [7, 11) is -4.16. The molecule has 2 amide bonds. The number of ether oxygens (including phenoxy) is 2. The van der Waals surface area contributed by atoms with E-state index < -0.39 is 45.0 Å². The Morgan fingerprint density at radius 2 is 1.64 bits per heavy atom. The third-order valence-corrected chi connectivity index (χ3v) is 8.48. The van der Waals surface area contributed by atoms with Crippen molar-refractivity contribution in [2.24, 2.45) is 0 Å². The number of hydrogen-bond donors (Lipinski definition) is 0. The number of aryl methyl sites for hydroxylation is 1. The Labute approximate surface area is 263 Å². The van der Waals surface area contributed by atoms with Gasteiger partial charge in [0.1, 0.15) is 11.4 Å². The third kappa shape index (κ3) is 8.55. The molecular weight excluding hydrogens is 658 g/mol. The molecule has 4 rings (SSSR count). The number of non-ortho nitro benzene ring substituents is 1. The van der Waals surface area contributed by atoms with Gasteiger partial charge in [0.25, 0.3) is 15.8 Å². The summed E-state index contributed by atoms with van der Waals surface area (Å²) < 4.78 is 43.6. The van der Waals surface area contributed by atoms with Gasteiger partial charge >= 0.3 is 12.2 Å². The molecule has 1 aliphatic heterocycles. The normalized spacial score (nSPS) is 16.8. The van der Waals surface area contributed by atoms with Gasteiger partial charge in [0.2, 0.25) is 0 Å². The van der Waals surface area contributed by atoms with Crippen molar-refractivity contribution in [2.75, 3.05) is 18.0 Å². The van der Waals surface area contributed by atoms with Gasteiger partial charge < -0.3 is 14.4 Å². The van der Waals surface area contributed by atoms with Crippen LogP contribution in [0.1, 0.15) is 32.8 Å². The van der Waals surface area contributed by atoms with Crippen LogP contribution in [0.4, 0.5) is 21.0 Å². The number of anilines is 1. The maximum absolute atomic E-state index is 13.5. The summed E-state index contributed by atoms with van der Waals surface area (Å²) >= 11 is 3.37. The molecule has 1 saturated heterocycles. The molecule has 0 spiro atoms. The Hall–Kier alpha value is -4.01. The molecule has 1 aliphatic rings. The van der Waals surface area contributed by atoms with E-state index in [9.17, 15) is 28.1 Å². The number of amides is 2. The Morgan fingerprint density at radius 1 is 1.02 bits per heavy atom. The molecule has 1 fully saturated rings. The van der Waals surface area contributed by atoms with E-state index in [0.29, 0.717) is 5.69 Å². The standard InChI is InChI=1S/C30H32BrN3O9S/c1-20-5-15-27(16-6-20)44(39,40)43-26-17-24(33(19-26)29(36)42-30(2,3)4)18-32(22-9-7-21(31)8-10-22)28(35)41-25-13-11-23(12-14-25)34(37)38/h5-16,24,26H,17-19H2,1-4H3/t24-,26+/m0/s1. The second-order valence-corrected chi connectivity index (χ2v) is 13.7. The first-order valence-corrected chi connectivity index (χ1v) is 15.8. The maximum atomic E-state index is 13.5. The molecule has 0 unspecified atom stereocenters. The Balaban J connectivity index is 1.62. The predicted molar refractivity (Wildman–Crippen MR) is 165 cm³/mol. The number of hydrogen-bond acceptors (Lipinski definition) is 9. The number of rotatable bonds is 8. The summed E-state index contributed by atoms with van der Waals surface area (Å²) in [4.78, 5) is 39.9. The highest BCUT2D eigenvalue weighted by atomic mass is 79.9. The fourth-order valence-corrected chi connectivity index (χ4v) is 5.85. The number of likely N-dealkylation sites (tertiary alicyclic amines) is 1. The minimum Gasteiger partial charge on any atom is -0.444 e. The number of nitro groups is 1. The van der Waals surface area contributed by atoms with Crippen molar-refractivity contribution in [3.05, 3.63) is 92.9 Å². The largest absolute Gasteiger partial charge is 0.444 e. The number of halogens is 1. The van der Waals surface area contributed by atoms with Crippen LogP contribution in [0.5, 0.6) is 5.75 Å². The fraction of sp³-hybridized carbons (Fsp3) is 0.333. The molecule has 234 valence electrons. The number of carbonyl (C=O) groups excluding carboxylic acids is 2. The highest BCUT2D eigenvalue weighted by Crippen LogP contribution is 2.30. The van der Waals surface area contributed by atoms with Crippen molar-refractivity contribution in [2.45, 2.75) is 56.8 Å². The third-order valence-electron chi connectivity index (χ3n) is 6.58. The lowest BCUT2D eigenvalue weighted by atomic mass is 10.1. The van der Waals surface area contributed by atoms with Crippen LogP contribution in [0, 0.1) is 17.0 Å². The van der Waals surface area contributed by atoms with Gasteiger partial charge in [0.05, 0.1) is 28.5 Å². The molecule has 12 nitrogen and oxygen atoms in total. The molecule has 3 aromatic carbocycles. The van der Waals surface area contributed by atoms with E-state index >= 15 is 0 Å². The second kappa shape index (κ2) is 13.3. The van der Waals surface area contributed by atoms with Gasteiger partial charge in [-0.3, -0.25) is 19.2 Å². The summed E-state index contributed by atoms with van der Waals surface area (Å²) in [6, 6.07) is 17.3. The quantitative estimate of drug-likeness (QED) is 0.148. The van der Waals surface area contributed by atoms with Gasteiger partial charge in [-0.1, -0.05) is 33.6 Å². The maximum Gasteiger partial charge on any atom is 0.419 e. The zero-order valence-corrected chi connectivity index (χ0v) is 26.9. The molecular formula is C30H32BrN3O9S. The summed E-state index contributed by atoms with van der Waals surface area (Å²) in [5.74, 6) is 0.0727. The van der Waals surface area contributed by atoms with E-state index in [1.165, 1.54) is 46.2 Å². The molecule has 0 bridgehead atoms. The Kier molecular flexibility index (Phi) is 9.96. The van der Waals surface area contributed by atoms with Crippen LogP contribution < -0.4 is 9.64 Å². The Bertz CT molecular complexity index is 1610. The summed E-state index contributed by atoms with van der Waals surface area (Å²) in [6.45, 7) is 6.76. The van der Waals surface area contributed by atoms with Crippen LogP contribution in [-0.4, -0.2) is 61.3 Å². The van der Waals surface area contributed by atoms with Crippen LogP contribution in [-0.2, 0) is 19.0 Å². The number of nitro benzene ring substituents is 1. The number of carbonyl (C=O) groups is 2. The fourth-order valence-electron chi connectivity index (χ4n) is 4.51. The lowest BCUT2D eigenvalue weighted by Crippen LogP contribution is -2.47. The second-order valence-electron chi connectivity index (χ2n) is 11.2. The van der Waals surface area contributed by atoms with Gasteiger partial charge in [-0.25, -0.2) is 9.59 Å². The lowest BCUT2D eigenvalue weighted by molar-refractivity contribution is -0.384. The molecule has 0 radical (unpaired) electrons. The predicted octanol–water partition coefficient (Wildman–Crippen LogP) is 6.45. The van der Waals surface area contributed by atoms with Crippen molar-refractivity contribution in [3.8, 4) is 5.75 Å². The van der Waals surface area contributed by atoms with Crippen LogP contribution in [0.25, 0.3) is 0 Å². The van der Waals surface area contributed by atoms with Crippen LogP contribution in [0.3, 0.4) is 0 Å². The van der Waals surface area contributed by atoms with Crippen molar-refractivity contribution in [1.82, 2.24) is 4.90 Å². The summed E-state index contributed by atoms with van der Waals surface area (Å²) in [5.41, 5.74) is 0.310. The van der Waals surface area contributed by atoms with Gasteiger partial charge in [0.15, 0.2) is 0 Å². The van der Waals surface area contributed by atoms with Crippen molar-refractivity contribution in [3.63, 3.8) is 0 Å². The molecule has 0 aliphatic carbocycles. The van der Waals surface area contributed by atoms with E-state index in [0.717, 1.165) is 10.0 Å². The van der Waals surface area contributed by atoms with Crippen LogP contribution in [0.2, 0.25) is 0 Å². The summed E-state index contributed by atoms with van der Waals surface area (Å²) in [6.07, 6.45) is -2.36. The zero-order valence-electron chi connectivity index (χ0n) is 24.5.